The number of anilines is 1. The zero-order valence-corrected chi connectivity index (χ0v) is 18.6. The number of thiocarbonyl (C=S) groups is 1. The molecule has 1 N–H and O–H groups in total. The van der Waals surface area contributed by atoms with Crippen molar-refractivity contribution < 1.29 is 18.8 Å². The fourth-order valence-electron chi connectivity index (χ4n) is 3.22. The number of aromatic nitrogens is 1. The maximum Gasteiger partial charge on any atom is 0.270 e. The Morgan fingerprint density at radius 1 is 1.00 bits per heavy atom. The zero-order chi connectivity index (χ0) is 22.8. The van der Waals surface area contributed by atoms with Gasteiger partial charge in [-0.05, 0) is 66.1 Å². The molecule has 0 radical (unpaired) electrons. The summed E-state index contributed by atoms with van der Waals surface area (Å²) in [5.74, 6) is 0.708. The van der Waals surface area contributed by atoms with E-state index in [2.05, 4.69) is 10.5 Å². The smallest absolute Gasteiger partial charge is 0.270 e. The van der Waals surface area contributed by atoms with Crippen LogP contribution < -0.4 is 15.0 Å². The lowest BCUT2D eigenvalue weighted by Gasteiger charge is -2.28. The highest BCUT2D eigenvalue weighted by Crippen LogP contribution is 2.28. The molecule has 0 spiro atoms. The molecule has 33 heavy (non-hydrogen) atoms. The summed E-state index contributed by atoms with van der Waals surface area (Å²) in [5, 5.41) is 8.44. The fraction of sp³-hybridized carbons (Fsp3) is 0. The molecule has 5 rings (SSSR count). The van der Waals surface area contributed by atoms with Crippen molar-refractivity contribution in [3.63, 3.8) is 0 Å². The molecule has 0 saturated carbocycles. The number of rotatable bonds is 5. The first-order valence-electron chi connectivity index (χ1n) is 9.83. The maximum absolute atomic E-state index is 13.2. The normalized spacial score (nSPS) is 15.1. The Morgan fingerprint density at radius 3 is 2.48 bits per heavy atom. The summed E-state index contributed by atoms with van der Waals surface area (Å²) in [7, 11) is 0. The lowest BCUT2D eigenvalue weighted by molar-refractivity contribution is -0.122. The molecule has 0 aliphatic carbocycles. The van der Waals surface area contributed by atoms with Crippen molar-refractivity contribution in [2.24, 2.45) is 0 Å². The topological polar surface area (TPSA) is 84.7 Å². The van der Waals surface area contributed by atoms with Crippen molar-refractivity contribution >= 4 is 52.2 Å². The van der Waals surface area contributed by atoms with Gasteiger partial charge in [-0.15, -0.1) is 11.3 Å². The molecule has 2 aromatic carbocycles. The number of amides is 2. The van der Waals surface area contributed by atoms with Crippen LogP contribution in [0.25, 0.3) is 16.7 Å². The number of nitrogens with zero attached hydrogens (tertiary/aromatic N) is 2. The van der Waals surface area contributed by atoms with Crippen LogP contribution in [0.3, 0.4) is 0 Å². The second kappa shape index (κ2) is 8.81. The van der Waals surface area contributed by atoms with E-state index in [0.29, 0.717) is 28.6 Å². The number of carbonyl (C=O) groups is 2. The van der Waals surface area contributed by atoms with Crippen LogP contribution in [0.4, 0.5) is 5.69 Å². The summed E-state index contributed by atoms with van der Waals surface area (Å²) in [4.78, 5) is 27.8. The average Bonchev–Trinajstić information content (AvgIpc) is 3.50. The van der Waals surface area contributed by atoms with E-state index in [0.717, 1.165) is 4.88 Å². The van der Waals surface area contributed by atoms with Crippen molar-refractivity contribution in [3.8, 4) is 22.1 Å². The fourth-order valence-corrected chi connectivity index (χ4v) is 4.17. The molecule has 9 heteroatoms. The van der Waals surface area contributed by atoms with Gasteiger partial charge in [0.1, 0.15) is 22.8 Å². The Labute approximate surface area is 197 Å². The minimum absolute atomic E-state index is 0.00157. The predicted molar refractivity (Wildman–Crippen MR) is 129 cm³/mol. The number of carbonyl (C=O) groups excluding carboxylic acids is 2. The molecule has 0 atom stereocenters. The number of benzene rings is 2. The molecule has 1 aliphatic heterocycles. The SMILES string of the molecule is O=C1NC(=S)N(c2ccc(Oc3ccccc3)cc2)C(=O)/C1=C/c1cc(-c2cccs2)on1. The zero-order valence-electron chi connectivity index (χ0n) is 16.9. The number of hydrogen-bond acceptors (Lipinski definition) is 7. The molecule has 2 aromatic heterocycles. The molecule has 162 valence electrons. The van der Waals surface area contributed by atoms with Gasteiger partial charge < -0.3 is 9.26 Å². The molecule has 7 nitrogen and oxygen atoms in total. The Morgan fingerprint density at radius 2 is 1.76 bits per heavy atom. The standard InChI is InChI=1S/C24H15N3O4S2/c28-22-19(13-15-14-20(31-26-15)21-7-4-12-33-21)23(29)27(24(32)25-22)16-8-10-18(11-9-16)30-17-5-2-1-3-6-17/h1-14H,(H,25,28,32)/b19-13+. The quantitative estimate of drug-likeness (QED) is 0.249. The first-order valence-corrected chi connectivity index (χ1v) is 11.1. The second-order valence-electron chi connectivity index (χ2n) is 6.96. The molecule has 1 aliphatic rings. The molecule has 0 unspecified atom stereocenters. The maximum atomic E-state index is 13.2. The van der Waals surface area contributed by atoms with E-state index < -0.39 is 11.8 Å². The van der Waals surface area contributed by atoms with E-state index in [4.69, 9.17) is 21.5 Å². The highest BCUT2D eigenvalue weighted by molar-refractivity contribution is 7.80. The Bertz CT molecular complexity index is 1360. The third-order valence-electron chi connectivity index (χ3n) is 4.76. The molecular formula is C24H15N3O4S2. The number of para-hydroxylation sites is 1. The molecule has 0 bridgehead atoms. The van der Waals surface area contributed by atoms with Gasteiger partial charge in [-0.25, -0.2) is 0 Å². The van der Waals surface area contributed by atoms with Gasteiger partial charge in [-0.3, -0.25) is 19.8 Å². The van der Waals surface area contributed by atoms with Crippen LogP contribution in [0.5, 0.6) is 11.5 Å². The Hall–Kier alpha value is -4.08. The van der Waals surface area contributed by atoms with Crippen LogP contribution in [0.2, 0.25) is 0 Å². The van der Waals surface area contributed by atoms with Gasteiger partial charge in [0, 0.05) is 6.07 Å². The van der Waals surface area contributed by atoms with Crippen molar-refractivity contribution in [3.05, 3.63) is 89.4 Å². The van der Waals surface area contributed by atoms with Crippen LogP contribution in [-0.4, -0.2) is 22.1 Å². The van der Waals surface area contributed by atoms with Crippen molar-refractivity contribution in [1.29, 1.82) is 0 Å². The van der Waals surface area contributed by atoms with Gasteiger partial charge in [0.15, 0.2) is 10.9 Å². The summed E-state index contributed by atoms with van der Waals surface area (Å²) >= 11 is 6.76. The third kappa shape index (κ3) is 4.32. The van der Waals surface area contributed by atoms with Gasteiger partial charge in [-0.1, -0.05) is 29.4 Å². The summed E-state index contributed by atoms with van der Waals surface area (Å²) in [6.45, 7) is 0. The summed E-state index contributed by atoms with van der Waals surface area (Å²) < 4.78 is 11.1. The highest BCUT2D eigenvalue weighted by atomic mass is 32.1. The number of nitrogens with one attached hydrogen (secondary N) is 1. The minimum atomic E-state index is -0.592. The summed E-state index contributed by atoms with van der Waals surface area (Å²) in [6.07, 6.45) is 1.39. The first-order chi connectivity index (χ1) is 16.1. The predicted octanol–water partition coefficient (Wildman–Crippen LogP) is 5.03. The van der Waals surface area contributed by atoms with E-state index in [9.17, 15) is 9.59 Å². The van der Waals surface area contributed by atoms with Crippen LogP contribution in [-0.2, 0) is 9.59 Å². The number of ether oxygens (including phenoxy) is 1. The van der Waals surface area contributed by atoms with Crippen LogP contribution in [0.15, 0.2) is 88.3 Å². The molecular weight excluding hydrogens is 458 g/mol. The lowest BCUT2D eigenvalue weighted by atomic mass is 10.1. The molecule has 4 aromatic rings. The van der Waals surface area contributed by atoms with Gasteiger partial charge in [0.05, 0.1) is 10.6 Å². The van der Waals surface area contributed by atoms with E-state index in [1.165, 1.54) is 22.3 Å². The van der Waals surface area contributed by atoms with E-state index in [-0.39, 0.29) is 10.7 Å². The van der Waals surface area contributed by atoms with Crippen LogP contribution in [0.1, 0.15) is 5.69 Å². The Balaban J connectivity index is 1.39. The van der Waals surface area contributed by atoms with Gasteiger partial charge in [-0.2, -0.15) is 0 Å². The van der Waals surface area contributed by atoms with Crippen molar-refractivity contribution in [1.82, 2.24) is 10.5 Å². The van der Waals surface area contributed by atoms with Crippen molar-refractivity contribution in [2.45, 2.75) is 0 Å². The largest absolute Gasteiger partial charge is 0.457 e. The average molecular weight is 474 g/mol. The number of thiophene rings is 1. The monoisotopic (exact) mass is 473 g/mol. The Kier molecular flexibility index (Phi) is 5.55. The van der Waals surface area contributed by atoms with Crippen molar-refractivity contribution in [2.75, 3.05) is 4.90 Å². The minimum Gasteiger partial charge on any atom is -0.457 e. The summed E-state index contributed by atoms with van der Waals surface area (Å²) in [6, 6.07) is 21.7. The third-order valence-corrected chi connectivity index (χ3v) is 5.93. The van der Waals surface area contributed by atoms with Gasteiger partial charge >= 0.3 is 0 Å². The van der Waals surface area contributed by atoms with Gasteiger partial charge in [0.25, 0.3) is 11.8 Å². The van der Waals surface area contributed by atoms with Crippen LogP contribution in [0, 0.1) is 0 Å². The molecule has 2 amide bonds. The van der Waals surface area contributed by atoms with Gasteiger partial charge in [0.2, 0.25) is 0 Å². The first kappa shape index (κ1) is 20.8. The lowest BCUT2D eigenvalue weighted by Crippen LogP contribution is -2.54. The molecule has 1 saturated heterocycles. The van der Waals surface area contributed by atoms with Crippen LogP contribution >= 0.6 is 23.6 Å². The molecule has 1 fully saturated rings. The molecule has 3 heterocycles. The van der Waals surface area contributed by atoms with E-state index in [1.54, 1.807) is 30.3 Å². The highest BCUT2D eigenvalue weighted by Gasteiger charge is 2.34. The van der Waals surface area contributed by atoms with E-state index in [1.807, 2.05) is 47.8 Å². The number of hydrogen-bond donors (Lipinski definition) is 1. The summed E-state index contributed by atoms with van der Waals surface area (Å²) in [5.41, 5.74) is 0.756. The second-order valence-corrected chi connectivity index (χ2v) is 8.29. The van der Waals surface area contributed by atoms with E-state index >= 15 is 0 Å².